The van der Waals surface area contributed by atoms with Crippen molar-refractivity contribution in [2.75, 3.05) is 0 Å². The molecule has 12 heavy (non-hydrogen) atoms. The van der Waals surface area contributed by atoms with Crippen molar-refractivity contribution in [2.24, 2.45) is 0 Å². The lowest BCUT2D eigenvalue weighted by atomic mass is 10.1. The van der Waals surface area contributed by atoms with Gasteiger partial charge in [0.05, 0.1) is 5.69 Å². The Morgan fingerprint density at radius 2 is 2.25 bits per heavy atom. The molecular formula is C8H8BrF2N. The van der Waals surface area contributed by atoms with Crippen LogP contribution in [-0.4, -0.2) is 4.98 Å². The maximum atomic E-state index is 12.2. The first-order chi connectivity index (χ1) is 5.65. The largest absolute Gasteiger partial charge is 0.265 e. The van der Waals surface area contributed by atoms with Crippen LogP contribution in [-0.2, 0) is 5.33 Å². The van der Waals surface area contributed by atoms with Gasteiger partial charge in [-0.3, -0.25) is 4.98 Å². The third kappa shape index (κ3) is 2.00. The Bertz CT molecular complexity index is 276. The summed E-state index contributed by atoms with van der Waals surface area (Å²) in [6.45, 7) is 1.66. The molecule has 1 nitrogen and oxygen atoms in total. The summed E-state index contributed by atoms with van der Waals surface area (Å²) in [5, 5.41) is 0.595. The molecule has 0 N–H and O–H groups in total. The number of alkyl halides is 3. The van der Waals surface area contributed by atoms with E-state index in [4.69, 9.17) is 0 Å². The van der Waals surface area contributed by atoms with Crippen LogP contribution < -0.4 is 0 Å². The Balaban J connectivity index is 3.03. The van der Waals surface area contributed by atoms with E-state index in [1.807, 2.05) is 0 Å². The minimum absolute atomic E-state index is 0.0136. The number of aryl methyl sites for hydroxylation is 1. The molecule has 0 amide bonds. The second-order valence-electron chi connectivity index (χ2n) is 2.47. The Hall–Kier alpha value is -0.510. The average molecular weight is 236 g/mol. The third-order valence-corrected chi connectivity index (χ3v) is 2.15. The van der Waals surface area contributed by atoms with Crippen LogP contribution in [0, 0.1) is 6.92 Å². The third-order valence-electron chi connectivity index (χ3n) is 1.58. The summed E-state index contributed by atoms with van der Waals surface area (Å²) in [5.41, 5.74) is 1.38. The summed E-state index contributed by atoms with van der Waals surface area (Å²) in [6, 6.07) is 1.66. The van der Waals surface area contributed by atoms with Gasteiger partial charge in [0.2, 0.25) is 0 Å². The number of aromatic nitrogens is 1. The molecule has 1 aromatic heterocycles. The van der Waals surface area contributed by atoms with Crippen molar-refractivity contribution in [3.63, 3.8) is 0 Å². The number of hydrogen-bond donors (Lipinski definition) is 0. The van der Waals surface area contributed by atoms with Crippen molar-refractivity contribution in [1.29, 1.82) is 0 Å². The van der Waals surface area contributed by atoms with Crippen molar-refractivity contribution < 1.29 is 8.78 Å². The Kier molecular flexibility index (Phi) is 3.14. The Morgan fingerprint density at radius 3 is 2.67 bits per heavy atom. The molecule has 0 bridgehead atoms. The van der Waals surface area contributed by atoms with Gasteiger partial charge in [-0.15, -0.1) is 0 Å². The molecule has 0 fully saturated rings. The molecule has 0 saturated heterocycles. The maximum absolute atomic E-state index is 12.2. The van der Waals surface area contributed by atoms with E-state index in [-0.39, 0.29) is 5.56 Å². The summed E-state index contributed by atoms with van der Waals surface area (Å²) in [5.74, 6) is 0. The summed E-state index contributed by atoms with van der Waals surface area (Å²) < 4.78 is 24.4. The maximum Gasteiger partial charge on any atom is 0.265 e. The van der Waals surface area contributed by atoms with Crippen molar-refractivity contribution in [3.8, 4) is 0 Å². The van der Waals surface area contributed by atoms with Crippen molar-refractivity contribution in [2.45, 2.75) is 18.7 Å². The second kappa shape index (κ2) is 3.94. The van der Waals surface area contributed by atoms with Gasteiger partial charge in [0.25, 0.3) is 6.43 Å². The topological polar surface area (TPSA) is 12.9 Å². The summed E-state index contributed by atoms with van der Waals surface area (Å²) in [4.78, 5) is 3.85. The van der Waals surface area contributed by atoms with Crippen LogP contribution in [0.25, 0.3) is 0 Å². The van der Waals surface area contributed by atoms with Crippen LogP contribution >= 0.6 is 15.9 Å². The lowest BCUT2D eigenvalue weighted by Gasteiger charge is -2.04. The van der Waals surface area contributed by atoms with Gasteiger partial charge in [0, 0.05) is 17.1 Å². The highest BCUT2D eigenvalue weighted by Crippen LogP contribution is 2.22. The van der Waals surface area contributed by atoms with Gasteiger partial charge in [-0.05, 0) is 18.6 Å². The van der Waals surface area contributed by atoms with Crippen molar-refractivity contribution in [3.05, 3.63) is 29.1 Å². The van der Waals surface area contributed by atoms with E-state index in [1.54, 1.807) is 13.0 Å². The normalized spacial score (nSPS) is 10.8. The van der Waals surface area contributed by atoms with Crippen molar-refractivity contribution in [1.82, 2.24) is 4.98 Å². The van der Waals surface area contributed by atoms with E-state index in [2.05, 4.69) is 20.9 Å². The molecule has 0 aromatic carbocycles. The molecule has 0 radical (unpaired) electrons. The number of pyridine rings is 1. The van der Waals surface area contributed by atoms with Crippen LogP contribution in [0.4, 0.5) is 8.78 Å². The molecule has 4 heteroatoms. The minimum Gasteiger partial charge on any atom is -0.260 e. The fraction of sp³-hybridized carbons (Fsp3) is 0.375. The number of nitrogens with zero attached hydrogens (tertiary/aromatic N) is 1. The van der Waals surface area contributed by atoms with Crippen LogP contribution in [0.1, 0.15) is 23.2 Å². The molecule has 0 spiro atoms. The first-order valence-electron chi connectivity index (χ1n) is 3.44. The average Bonchev–Trinajstić information content (AvgIpc) is 2.03. The van der Waals surface area contributed by atoms with E-state index in [0.29, 0.717) is 10.9 Å². The zero-order valence-corrected chi connectivity index (χ0v) is 8.11. The fourth-order valence-electron chi connectivity index (χ4n) is 0.926. The van der Waals surface area contributed by atoms with Gasteiger partial charge in [-0.25, -0.2) is 8.78 Å². The monoisotopic (exact) mass is 235 g/mol. The molecule has 0 unspecified atom stereocenters. The highest BCUT2D eigenvalue weighted by atomic mass is 79.9. The molecular weight excluding hydrogens is 228 g/mol. The first-order valence-corrected chi connectivity index (χ1v) is 4.57. The lowest BCUT2D eigenvalue weighted by molar-refractivity contribution is 0.150. The Morgan fingerprint density at radius 1 is 1.58 bits per heavy atom. The first kappa shape index (κ1) is 9.58. The fourth-order valence-corrected chi connectivity index (χ4v) is 1.23. The number of halogens is 3. The molecule has 0 atom stereocenters. The van der Waals surface area contributed by atoms with Gasteiger partial charge >= 0.3 is 0 Å². The second-order valence-corrected chi connectivity index (χ2v) is 3.03. The molecule has 0 saturated carbocycles. The van der Waals surface area contributed by atoms with Crippen LogP contribution in [0.5, 0.6) is 0 Å². The zero-order valence-electron chi connectivity index (χ0n) is 6.52. The summed E-state index contributed by atoms with van der Waals surface area (Å²) in [6.07, 6.45) is -1.20. The van der Waals surface area contributed by atoms with E-state index < -0.39 is 6.43 Å². The predicted molar refractivity (Wildman–Crippen MR) is 46.6 cm³/mol. The van der Waals surface area contributed by atoms with Gasteiger partial charge in [0.15, 0.2) is 0 Å². The highest BCUT2D eigenvalue weighted by Gasteiger charge is 2.10. The van der Waals surface area contributed by atoms with Gasteiger partial charge < -0.3 is 0 Å². The smallest absolute Gasteiger partial charge is 0.260 e. The molecule has 0 aliphatic rings. The summed E-state index contributed by atoms with van der Waals surface area (Å²) in [7, 11) is 0. The van der Waals surface area contributed by atoms with Crippen LogP contribution in [0.3, 0.4) is 0 Å². The van der Waals surface area contributed by atoms with Crippen molar-refractivity contribution >= 4 is 15.9 Å². The Labute approximate surface area is 77.9 Å². The minimum atomic E-state index is -2.43. The zero-order chi connectivity index (χ0) is 9.14. The van der Waals surface area contributed by atoms with Crippen LogP contribution in [0.15, 0.2) is 12.3 Å². The quantitative estimate of drug-likeness (QED) is 0.718. The highest BCUT2D eigenvalue weighted by molar-refractivity contribution is 9.08. The van der Waals surface area contributed by atoms with E-state index in [9.17, 15) is 8.78 Å². The molecule has 66 valence electrons. The number of hydrogen-bond acceptors (Lipinski definition) is 1. The van der Waals surface area contributed by atoms with Gasteiger partial charge in [-0.2, -0.15) is 0 Å². The molecule has 1 heterocycles. The van der Waals surface area contributed by atoms with E-state index in [0.717, 1.165) is 5.69 Å². The molecule has 1 aromatic rings. The molecule has 1 rings (SSSR count). The SMILES string of the molecule is Cc1cc(CBr)ncc1C(F)F. The van der Waals surface area contributed by atoms with E-state index in [1.165, 1.54) is 6.20 Å². The van der Waals surface area contributed by atoms with E-state index >= 15 is 0 Å². The van der Waals surface area contributed by atoms with Crippen LogP contribution in [0.2, 0.25) is 0 Å². The molecule has 0 aliphatic carbocycles. The lowest BCUT2D eigenvalue weighted by Crippen LogP contribution is -1.94. The van der Waals surface area contributed by atoms with Gasteiger partial charge in [0.1, 0.15) is 0 Å². The summed E-state index contributed by atoms with van der Waals surface area (Å²) >= 11 is 3.20. The number of rotatable bonds is 2. The standard InChI is InChI=1S/C8H8BrF2N/c1-5-2-6(3-9)12-4-7(5)8(10)11/h2,4,8H,3H2,1H3. The predicted octanol–water partition coefficient (Wildman–Crippen LogP) is 3.22. The molecule has 0 aliphatic heterocycles. The van der Waals surface area contributed by atoms with Gasteiger partial charge in [-0.1, -0.05) is 15.9 Å².